The molecule has 0 fully saturated rings. The Morgan fingerprint density at radius 3 is 2.22 bits per heavy atom. The lowest BCUT2D eigenvalue weighted by Gasteiger charge is -2.02. The second kappa shape index (κ2) is 14.6. The first kappa shape index (κ1) is 17.5. The van der Waals surface area contributed by atoms with Crippen molar-refractivity contribution in [1.82, 2.24) is 0 Å². The van der Waals surface area contributed by atoms with E-state index < -0.39 is 0 Å². The minimum atomic E-state index is 0.399. The molecule has 0 heterocycles. The van der Waals surface area contributed by atoms with Crippen LogP contribution in [0.1, 0.15) is 57.8 Å². The largest absolute Gasteiger partial charge is 0.300 e. The summed E-state index contributed by atoms with van der Waals surface area (Å²) in [7, 11) is 0. The number of rotatable bonds is 14. The fourth-order valence-electron chi connectivity index (χ4n) is 1.79. The zero-order chi connectivity index (χ0) is 13.5. The third-order valence-electron chi connectivity index (χ3n) is 2.86. The number of thioether (sulfide) groups is 1. The normalized spacial score (nSPS) is 10.2. The standard InChI is InChI=1S/C16H28OS/c1-3-5-12-16(17)13-10-8-6-7-9-11-15-18-14-4-2/h3-4H,1-2,5-15H2. The molecule has 0 aliphatic heterocycles. The van der Waals surface area contributed by atoms with Gasteiger partial charge in [-0.25, -0.2) is 0 Å². The van der Waals surface area contributed by atoms with Gasteiger partial charge in [0.05, 0.1) is 0 Å². The lowest BCUT2D eigenvalue weighted by atomic mass is 10.1. The van der Waals surface area contributed by atoms with Crippen molar-refractivity contribution in [2.75, 3.05) is 11.5 Å². The minimum Gasteiger partial charge on any atom is -0.300 e. The first-order chi connectivity index (χ1) is 8.81. The number of Topliss-reactive ketones (excluding diaryl/α,β-unsaturated/α-hetero) is 1. The van der Waals surface area contributed by atoms with Crippen molar-refractivity contribution in [3.63, 3.8) is 0 Å². The Morgan fingerprint density at radius 1 is 0.889 bits per heavy atom. The average Bonchev–Trinajstić information content (AvgIpc) is 2.38. The number of hydrogen-bond donors (Lipinski definition) is 0. The maximum atomic E-state index is 11.4. The Morgan fingerprint density at radius 2 is 1.56 bits per heavy atom. The molecule has 0 atom stereocenters. The van der Waals surface area contributed by atoms with Gasteiger partial charge in [-0.05, 0) is 25.0 Å². The molecule has 0 saturated carbocycles. The summed E-state index contributed by atoms with van der Waals surface area (Å²) < 4.78 is 0. The van der Waals surface area contributed by atoms with Crippen LogP contribution in [-0.2, 0) is 4.79 Å². The molecule has 0 saturated heterocycles. The van der Waals surface area contributed by atoms with Crippen LogP contribution in [0.3, 0.4) is 0 Å². The molecular formula is C16H28OS. The molecule has 0 aromatic rings. The summed E-state index contributed by atoms with van der Waals surface area (Å²) in [5.74, 6) is 2.73. The van der Waals surface area contributed by atoms with E-state index in [9.17, 15) is 4.79 Å². The van der Waals surface area contributed by atoms with Crippen molar-refractivity contribution in [3.05, 3.63) is 25.3 Å². The monoisotopic (exact) mass is 268 g/mol. The van der Waals surface area contributed by atoms with Gasteiger partial charge in [0.25, 0.3) is 0 Å². The van der Waals surface area contributed by atoms with Crippen molar-refractivity contribution in [2.24, 2.45) is 0 Å². The van der Waals surface area contributed by atoms with Crippen molar-refractivity contribution >= 4 is 17.5 Å². The summed E-state index contributed by atoms with van der Waals surface area (Å²) in [6.45, 7) is 7.34. The molecule has 0 bridgehead atoms. The number of carbonyl (C=O) groups is 1. The predicted octanol–water partition coefficient (Wildman–Crippen LogP) is 5.17. The Labute approximate surface area is 117 Å². The zero-order valence-corrected chi connectivity index (χ0v) is 12.5. The van der Waals surface area contributed by atoms with Gasteiger partial charge in [0.2, 0.25) is 0 Å². The highest BCUT2D eigenvalue weighted by Gasteiger charge is 1.99. The molecule has 0 spiro atoms. The zero-order valence-electron chi connectivity index (χ0n) is 11.7. The van der Waals surface area contributed by atoms with Crippen LogP contribution < -0.4 is 0 Å². The lowest BCUT2D eigenvalue weighted by molar-refractivity contribution is -0.119. The average molecular weight is 268 g/mol. The van der Waals surface area contributed by atoms with Crippen LogP contribution in [0, 0.1) is 0 Å². The van der Waals surface area contributed by atoms with E-state index in [4.69, 9.17) is 0 Å². The molecule has 0 N–H and O–H groups in total. The molecule has 0 aliphatic carbocycles. The molecule has 0 aromatic carbocycles. The van der Waals surface area contributed by atoms with Crippen LogP contribution in [0.5, 0.6) is 0 Å². The molecular weight excluding hydrogens is 240 g/mol. The highest BCUT2D eigenvalue weighted by molar-refractivity contribution is 7.99. The second-order valence-electron chi connectivity index (χ2n) is 4.60. The van der Waals surface area contributed by atoms with E-state index in [1.165, 1.54) is 37.9 Å². The Balaban J connectivity index is 3.08. The maximum absolute atomic E-state index is 11.4. The molecule has 0 rings (SSSR count). The van der Waals surface area contributed by atoms with Crippen LogP contribution in [0.2, 0.25) is 0 Å². The SMILES string of the molecule is C=CCCC(=O)CCCCCCCCSCC=C. The Hall–Kier alpha value is -0.500. The number of unbranched alkanes of at least 4 members (excludes halogenated alkanes) is 5. The summed E-state index contributed by atoms with van der Waals surface area (Å²) in [6, 6.07) is 0. The molecule has 0 unspecified atom stereocenters. The van der Waals surface area contributed by atoms with E-state index in [0.29, 0.717) is 12.2 Å². The van der Waals surface area contributed by atoms with Crippen molar-refractivity contribution < 1.29 is 4.79 Å². The van der Waals surface area contributed by atoms with Crippen molar-refractivity contribution in [2.45, 2.75) is 57.8 Å². The van der Waals surface area contributed by atoms with Crippen LogP contribution >= 0.6 is 11.8 Å². The maximum Gasteiger partial charge on any atom is 0.133 e. The number of ketones is 1. The summed E-state index contributed by atoms with van der Waals surface area (Å²) in [4.78, 5) is 11.4. The molecule has 2 heteroatoms. The topological polar surface area (TPSA) is 17.1 Å². The molecule has 104 valence electrons. The summed E-state index contributed by atoms with van der Waals surface area (Å²) in [6.07, 6.45) is 13.6. The van der Waals surface area contributed by atoms with Crippen LogP contribution in [0.15, 0.2) is 25.3 Å². The van der Waals surface area contributed by atoms with Gasteiger partial charge in [-0.2, -0.15) is 11.8 Å². The van der Waals surface area contributed by atoms with Gasteiger partial charge < -0.3 is 0 Å². The quantitative estimate of drug-likeness (QED) is 0.319. The molecule has 0 amide bonds. The van der Waals surface area contributed by atoms with Gasteiger partial charge in [0, 0.05) is 18.6 Å². The van der Waals surface area contributed by atoms with Crippen LogP contribution in [0.25, 0.3) is 0 Å². The van der Waals surface area contributed by atoms with Gasteiger partial charge in [-0.15, -0.1) is 13.2 Å². The minimum absolute atomic E-state index is 0.399. The van der Waals surface area contributed by atoms with E-state index in [-0.39, 0.29) is 0 Å². The molecule has 0 radical (unpaired) electrons. The fraction of sp³-hybridized carbons (Fsp3) is 0.688. The smallest absolute Gasteiger partial charge is 0.133 e. The summed E-state index contributed by atoms with van der Waals surface area (Å²) >= 11 is 1.96. The van der Waals surface area contributed by atoms with E-state index in [0.717, 1.165) is 25.0 Å². The molecule has 1 nitrogen and oxygen atoms in total. The van der Waals surface area contributed by atoms with Gasteiger partial charge in [-0.1, -0.05) is 37.8 Å². The fourth-order valence-corrected chi connectivity index (χ4v) is 2.53. The third kappa shape index (κ3) is 13.6. The lowest BCUT2D eigenvalue weighted by Crippen LogP contribution is -1.96. The first-order valence-electron chi connectivity index (χ1n) is 7.12. The van der Waals surface area contributed by atoms with E-state index >= 15 is 0 Å². The van der Waals surface area contributed by atoms with E-state index in [1.54, 1.807) is 0 Å². The number of allylic oxidation sites excluding steroid dienone is 1. The third-order valence-corrected chi connectivity index (χ3v) is 3.91. The Kier molecular flexibility index (Phi) is 14.2. The molecule has 18 heavy (non-hydrogen) atoms. The first-order valence-corrected chi connectivity index (χ1v) is 8.28. The molecule has 0 aromatic heterocycles. The Bertz CT molecular complexity index is 223. The summed E-state index contributed by atoms with van der Waals surface area (Å²) in [5, 5.41) is 0. The number of carbonyl (C=O) groups excluding carboxylic acids is 1. The van der Waals surface area contributed by atoms with Crippen LogP contribution in [-0.4, -0.2) is 17.3 Å². The predicted molar refractivity (Wildman–Crippen MR) is 84.3 cm³/mol. The highest BCUT2D eigenvalue weighted by atomic mass is 32.2. The van der Waals surface area contributed by atoms with Crippen LogP contribution in [0.4, 0.5) is 0 Å². The number of hydrogen-bond acceptors (Lipinski definition) is 2. The van der Waals surface area contributed by atoms with Crippen molar-refractivity contribution in [3.8, 4) is 0 Å². The van der Waals surface area contributed by atoms with E-state index in [2.05, 4.69) is 13.2 Å². The second-order valence-corrected chi connectivity index (χ2v) is 5.75. The highest BCUT2D eigenvalue weighted by Crippen LogP contribution is 2.11. The molecule has 0 aliphatic rings. The van der Waals surface area contributed by atoms with E-state index in [1.807, 2.05) is 23.9 Å². The van der Waals surface area contributed by atoms with Gasteiger partial charge in [0.15, 0.2) is 0 Å². The van der Waals surface area contributed by atoms with Gasteiger partial charge >= 0.3 is 0 Å². The van der Waals surface area contributed by atoms with Crippen molar-refractivity contribution in [1.29, 1.82) is 0 Å². The van der Waals surface area contributed by atoms with Gasteiger partial charge in [0.1, 0.15) is 5.78 Å². The van der Waals surface area contributed by atoms with Gasteiger partial charge in [-0.3, -0.25) is 4.79 Å². The summed E-state index contributed by atoms with van der Waals surface area (Å²) in [5.41, 5.74) is 0.